The fraction of sp³-hybridized carbons (Fsp3) is 0.143. The molecule has 0 spiro atoms. The monoisotopic (exact) mass is 477 g/mol. The number of hydrogen-bond acceptors (Lipinski definition) is 6. The Bertz CT molecular complexity index is 1330. The van der Waals surface area contributed by atoms with Gasteiger partial charge in [0.2, 0.25) is 0 Å². The van der Waals surface area contributed by atoms with Gasteiger partial charge in [-0.05, 0) is 42.0 Å². The minimum absolute atomic E-state index is 0.123. The van der Waals surface area contributed by atoms with Crippen molar-refractivity contribution in [3.63, 3.8) is 0 Å². The number of halogens is 2. The normalized spacial score (nSPS) is 12.7. The molecule has 0 saturated heterocycles. The first-order chi connectivity index (χ1) is 15.2. The SMILES string of the molecule is COc1ccc(F)cc1-c1cc2c(NC(Cc3cccc(F)c3)P(=O)(O)O)ncnc2s1. The highest BCUT2D eigenvalue weighted by molar-refractivity contribution is 7.52. The minimum atomic E-state index is -4.63. The van der Waals surface area contributed by atoms with E-state index in [4.69, 9.17) is 4.74 Å². The van der Waals surface area contributed by atoms with Gasteiger partial charge < -0.3 is 19.8 Å². The van der Waals surface area contributed by atoms with E-state index in [0.29, 0.717) is 32.0 Å². The summed E-state index contributed by atoms with van der Waals surface area (Å²) in [7, 11) is -3.15. The maximum atomic E-state index is 13.8. The van der Waals surface area contributed by atoms with E-state index in [9.17, 15) is 23.1 Å². The van der Waals surface area contributed by atoms with Gasteiger partial charge in [-0.3, -0.25) is 4.57 Å². The topological polar surface area (TPSA) is 105 Å². The van der Waals surface area contributed by atoms with E-state index in [1.807, 2.05) is 0 Å². The zero-order valence-electron chi connectivity index (χ0n) is 16.7. The van der Waals surface area contributed by atoms with Gasteiger partial charge in [0.05, 0.1) is 12.5 Å². The van der Waals surface area contributed by atoms with Gasteiger partial charge in [-0.1, -0.05) is 12.1 Å². The van der Waals surface area contributed by atoms with Gasteiger partial charge in [-0.25, -0.2) is 18.7 Å². The lowest BCUT2D eigenvalue weighted by Crippen LogP contribution is -2.23. The summed E-state index contributed by atoms with van der Waals surface area (Å²) in [4.78, 5) is 29.3. The van der Waals surface area contributed by atoms with Crippen LogP contribution in [-0.4, -0.2) is 32.6 Å². The third kappa shape index (κ3) is 4.78. The molecule has 2 heterocycles. The lowest BCUT2D eigenvalue weighted by atomic mass is 10.1. The summed E-state index contributed by atoms with van der Waals surface area (Å²) in [6, 6.07) is 11.4. The summed E-state index contributed by atoms with van der Waals surface area (Å²) in [5.41, 5.74) is 0.944. The second-order valence-electron chi connectivity index (χ2n) is 6.98. The van der Waals surface area contributed by atoms with Crippen LogP contribution in [0.15, 0.2) is 54.9 Å². The number of anilines is 1. The molecular weight excluding hydrogens is 459 g/mol. The number of methoxy groups -OCH3 is 1. The van der Waals surface area contributed by atoms with Crippen LogP contribution in [0.5, 0.6) is 5.75 Å². The smallest absolute Gasteiger partial charge is 0.347 e. The molecule has 4 rings (SSSR count). The molecule has 0 bridgehead atoms. The van der Waals surface area contributed by atoms with Crippen LogP contribution >= 0.6 is 18.9 Å². The van der Waals surface area contributed by atoms with E-state index in [-0.39, 0.29) is 12.2 Å². The van der Waals surface area contributed by atoms with Crippen molar-refractivity contribution in [2.45, 2.75) is 12.2 Å². The van der Waals surface area contributed by atoms with Gasteiger partial charge in [0, 0.05) is 16.9 Å². The fourth-order valence-corrected chi connectivity index (χ4v) is 5.03. The van der Waals surface area contributed by atoms with Crippen molar-refractivity contribution in [3.05, 3.63) is 72.1 Å². The first-order valence-corrected chi connectivity index (χ1v) is 11.9. The lowest BCUT2D eigenvalue weighted by molar-refractivity contribution is 0.361. The predicted molar refractivity (Wildman–Crippen MR) is 119 cm³/mol. The molecule has 0 aliphatic carbocycles. The Kier molecular flexibility index (Phi) is 6.21. The van der Waals surface area contributed by atoms with E-state index in [1.54, 1.807) is 12.1 Å². The zero-order valence-corrected chi connectivity index (χ0v) is 18.4. The minimum Gasteiger partial charge on any atom is -0.496 e. The van der Waals surface area contributed by atoms with E-state index < -0.39 is 25.0 Å². The molecule has 166 valence electrons. The zero-order chi connectivity index (χ0) is 22.9. The molecule has 0 radical (unpaired) electrons. The molecule has 0 fully saturated rings. The molecule has 0 saturated carbocycles. The summed E-state index contributed by atoms with van der Waals surface area (Å²) in [5.74, 6) is -1.59. The highest BCUT2D eigenvalue weighted by Gasteiger charge is 2.30. The largest absolute Gasteiger partial charge is 0.496 e. The Morgan fingerprint density at radius 1 is 1.12 bits per heavy atom. The molecule has 3 N–H and O–H groups in total. The molecule has 1 unspecified atom stereocenters. The third-order valence-electron chi connectivity index (χ3n) is 4.78. The van der Waals surface area contributed by atoms with Gasteiger partial charge >= 0.3 is 7.60 Å². The standard InChI is InChI=1S/C21H18F2N3O4PS/c1-30-17-6-5-14(23)9-15(17)18-10-16-20(24-11-25-21(16)32-18)26-19(31(27,28)29)8-12-3-2-4-13(22)7-12/h2-7,9-11,19H,8H2,1H3,(H,24,25,26)(H2,27,28,29). The number of benzene rings is 2. The molecule has 7 nitrogen and oxygen atoms in total. The molecule has 4 aromatic rings. The summed E-state index contributed by atoms with van der Waals surface area (Å²) in [6.07, 6.45) is 1.15. The van der Waals surface area contributed by atoms with Crippen LogP contribution in [0.2, 0.25) is 0 Å². The number of nitrogens with zero attached hydrogens (tertiary/aromatic N) is 2. The third-order valence-corrected chi connectivity index (χ3v) is 6.98. The van der Waals surface area contributed by atoms with Crippen LogP contribution in [-0.2, 0) is 11.0 Å². The van der Waals surface area contributed by atoms with Gasteiger partial charge in [0.1, 0.15) is 40.1 Å². The summed E-state index contributed by atoms with van der Waals surface area (Å²) >= 11 is 1.26. The number of rotatable bonds is 7. The number of ether oxygens (including phenoxy) is 1. The van der Waals surface area contributed by atoms with Crippen LogP contribution < -0.4 is 10.1 Å². The Hall–Kier alpha value is -2.91. The fourth-order valence-electron chi connectivity index (χ4n) is 3.28. The molecule has 11 heteroatoms. The lowest BCUT2D eigenvalue weighted by Gasteiger charge is -2.21. The highest BCUT2D eigenvalue weighted by atomic mass is 32.1. The van der Waals surface area contributed by atoms with Gasteiger partial charge in [0.15, 0.2) is 0 Å². The van der Waals surface area contributed by atoms with Crippen molar-refractivity contribution in [2.24, 2.45) is 0 Å². The van der Waals surface area contributed by atoms with Crippen molar-refractivity contribution in [3.8, 4) is 16.2 Å². The van der Waals surface area contributed by atoms with Crippen LogP contribution in [0.4, 0.5) is 14.6 Å². The Labute approximate surface area is 185 Å². The van der Waals surface area contributed by atoms with E-state index >= 15 is 0 Å². The molecule has 2 aromatic carbocycles. The van der Waals surface area contributed by atoms with Crippen molar-refractivity contribution in [2.75, 3.05) is 12.4 Å². The van der Waals surface area contributed by atoms with E-state index in [0.717, 1.165) is 0 Å². The predicted octanol–water partition coefficient (Wildman–Crippen LogP) is 4.80. The van der Waals surface area contributed by atoms with Crippen molar-refractivity contribution in [1.29, 1.82) is 0 Å². The number of hydrogen-bond donors (Lipinski definition) is 3. The molecule has 0 aliphatic rings. The molecule has 0 amide bonds. The number of fused-ring (bicyclic) bond motifs is 1. The number of nitrogens with one attached hydrogen (secondary N) is 1. The molecule has 2 aromatic heterocycles. The van der Waals surface area contributed by atoms with Gasteiger partial charge in [0.25, 0.3) is 0 Å². The summed E-state index contributed by atoms with van der Waals surface area (Å²) < 4.78 is 44.8. The first kappa shape index (κ1) is 22.3. The van der Waals surface area contributed by atoms with E-state index in [1.165, 1.54) is 61.2 Å². The maximum Gasteiger partial charge on any atom is 0.347 e. The Morgan fingerprint density at radius 2 is 1.91 bits per heavy atom. The molecule has 32 heavy (non-hydrogen) atoms. The van der Waals surface area contributed by atoms with Crippen LogP contribution in [0.1, 0.15) is 5.56 Å². The van der Waals surface area contributed by atoms with Crippen molar-refractivity contribution < 1.29 is 27.9 Å². The van der Waals surface area contributed by atoms with Crippen LogP contribution in [0, 0.1) is 11.6 Å². The quantitative estimate of drug-likeness (QED) is 0.328. The Morgan fingerprint density at radius 3 is 2.62 bits per heavy atom. The average Bonchev–Trinajstić information content (AvgIpc) is 3.18. The van der Waals surface area contributed by atoms with E-state index in [2.05, 4.69) is 15.3 Å². The molecule has 0 aliphatic heterocycles. The highest BCUT2D eigenvalue weighted by Crippen LogP contribution is 2.45. The average molecular weight is 477 g/mol. The summed E-state index contributed by atoms with van der Waals surface area (Å²) in [6.45, 7) is 0. The van der Waals surface area contributed by atoms with Gasteiger partial charge in [-0.15, -0.1) is 11.3 Å². The van der Waals surface area contributed by atoms with Crippen LogP contribution in [0.3, 0.4) is 0 Å². The number of thiophene rings is 1. The Balaban J connectivity index is 1.72. The van der Waals surface area contributed by atoms with Crippen molar-refractivity contribution >= 4 is 35.0 Å². The summed E-state index contributed by atoms with van der Waals surface area (Å²) in [5, 5.41) is 3.31. The molecular formula is C21H18F2N3O4PS. The maximum absolute atomic E-state index is 13.8. The van der Waals surface area contributed by atoms with Gasteiger partial charge in [-0.2, -0.15) is 0 Å². The van der Waals surface area contributed by atoms with Crippen LogP contribution in [0.25, 0.3) is 20.7 Å². The second-order valence-corrected chi connectivity index (χ2v) is 9.81. The first-order valence-electron chi connectivity index (χ1n) is 9.39. The number of aromatic nitrogens is 2. The van der Waals surface area contributed by atoms with Crippen molar-refractivity contribution in [1.82, 2.24) is 9.97 Å². The second kappa shape index (κ2) is 8.91. The molecule has 1 atom stereocenters.